The SMILES string of the molecule is O=C(Nc1cc(C(F)(F)F)ccc1F)OCCC(Sc1ccc(NC(=O)c2ccc(Cl)cc2)cc1)C(=O)O. The Morgan fingerprint density at radius 1 is 0.974 bits per heavy atom. The fraction of sp³-hybridized carbons (Fsp3) is 0.160. The predicted molar refractivity (Wildman–Crippen MR) is 134 cm³/mol. The second-order valence-electron chi connectivity index (χ2n) is 7.67. The van der Waals surface area contributed by atoms with Crippen LogP contribution >= 0.6 is 23.4 Å². The largest absolute Gasteiger partial charge is 0.480 e. The topological polar surface area (TPSA) is 105 Å². The molecule has 0 fully saturated rings. The smallest absolute Gasteiger partial charge is 0.416 e. The lowest BCUT2D eigenvalue weighted by Crippen LogP contribution is -2.22. The molecule has 13 heteroatoms. The van der Waals surface area contributed by atoms with Crippen LogP contribution in [-0.4, -0.2) is 34.9 Å². The van der Waals surface area contributed by atoms with Crippen molar-refractivity contribution < 1.29 is 41.8 Å². The molecule has 1 atom stereocenters. The summed E-state index contributed by atoms with van der Waals surface area (Å²) >= 11 is 6.77. The van der Waals surface area contributed by atoms with Gasteiger partial charge >= 0.3 is 18.2 Å². The quantitative estimate of drug-likeness (QED) is 0.190. The molecule has 0 aliphatic carbocycles. The third-order valence-corrected chi connectivity index (χ3v) is 6.43. The monoisotopic (exact) mass is 570 g/mol. The predicted octanol–water partition coefficient (Wildman–Crippen LogP) is 6.93. The van der Waals surface area contributed by atoms with Gasteiger partial charge in [0.05, 0.1) is 17.9 Å². The van der Waals surface area contributed by atoms with Crippen molar-refractivity contribution in [3.8, 4) is 0 Å². The zero-order chi connectivity index (χ0) is 27.9. The Hall–Kier alpha value is -3.77. The number of hydrogen-bond acceptors (Lipinski definition) is 5. The second kappa shape index (κ2) is 12.7. The standard InChI is InChI=1S/C25H19ClF4N2O5S/c26-16-4-1-14(2-5-16)22(33)31-17-6-8-18(9-7-17)38-21(23(34)35)11-12-37-24(36)32-20-13-15(25(28,29)30)3-10-19(20)27/h1-10,13,21H,11-12H2,(H,31,33)(H,32,36)(H,34,35). The molecule has 0 aliphatic heterocycles. The van der Waals surface area contributed by atoms with E-state index in [4.69, 9.17) is 16.3 Å². The van der Waals surface area contributed by atoms with Crippen molar-refractivity contribution >= 4 is 52.7 Å². The molecule has 3 aromatic carbocycles. The van der Waals surface area contributed by atoms with Crippen molar-refractivity contribution in [1.29, 1.82) is 0 Å². The number of carboxylic acid groups (broad SMARTS) is 1. The van der Waals surface area contributed by atoms with E-state index in [1.54, 1.807) is 48.5 Å². The lowest BCUT2D eigenvalue weighted by Gasteiger charge is -2.14. The molecule has 38 heavy (non-hydrogen) atoms. The van der Waals surface area contributed by atoms with Crippen LogP contribution in [0.3, 0.4) is 0 Å². The molecule has 0 saturated carbocycles. The van der Waals surface area contributed by atoms with Gasteiger partial charge in [-0.3, -0.25) is 14.9 Å². The molecular formula is C25H19ClF4N2O5S. The number of aliphatic carboxylic acids is 1. The van der Waals surface area contributed by atoms with E-state index in [9.17, 15) is 37.1 Å². The molecule has 3 N–H and O–H groups in total. The number of ether oxygens (including phenoxy) is 1. The highest BCUT2D eigenvalue weighted by molar-refractivity contribution is 8.00. The van der Waals surface area contributed by atoms with Gasteiger partial charge in [-0.05, 0) is 66.7 Å². The van der Waals surface area contributed by atoms with Gasteiger partial charge in [-0.25, -0.2) is 9.18 Å². The van der Waals surface area contributed by atoms with Crippen molar-refractivity contribution in [2.24, 2.45) is 0 Å². The number of amides is 2. The fourth-order valence-corrected chi connectivity index (χ4v) is 4.08. The van der Waals surface area contributed by atoms with Crippen LogP contribution in [0.1, 0.15) is 22.3 Å². The van der Waals surface area contributed by atoms with Crippen molar-refractivity contribution in [2.45, 2.75) is 22.7 Å². The van der Waals surface area contributed by atoms with Crippen molar-refractivity contribution in [3.05, 3.63) is 88.7 Å². The summed E-state index contributed by atoms with van der Waals surface area (Å²) in [6.07, 6.45) is -6.12. The third kappa shape index (κ3) is 8.38. The summed E-state index contributed by atoms with van der Waals surface area (Å²) in [5.74, 6) is -2.64. The maximum absolute atomic E-state index is 13.8. The number of thioether (sulfide) groups is 1. The van der Waals surface area contributed by atoms with E-state index in [0.717, 1.165) is 11.8 Å². The second-order valence-corrected chi connectivity index (χ2v) is 9.38. The van der Waals surface area contributed by atoms with Gasteiger partial charge < -0.3 is 15.2 Å². The van der Waals surface area contributed by atoms with Gasteiger partial charge in [0, 0.05) is 27.6 Å². The molecule has 3 rings (SSSR count). The first-order valence-electron chi connectivity index (χ1n) is 10.8. The lowest BCUT2D eigenvalue weighted by atomic mass is 10.2. The van der Waals surface area contributed by atoms with Gasteiger partial charge in [0.2, 0.25) is 0 Å². The number of nitrogens with one attached hydrogen (secondary N) is 2. The first-order chi connectivity index (χ1) is 17.9. The lowest BCUT2D eigenvalue weighted by molar-refractivity contribution is -0.138. The summed E-state index contributed by atoms with van der Waals surface area (Å²) in [7, 11) is 0. The molecule has 2 amide bonds. The van der Waals surface area contributed by atoms with Gasteiger partial charge in [-0.15, -0.1) is 11.8 Å². The Bertz CT molecular complexity index is 1300. The van der Waals surface area contributed by atoms with Gasteiger partial charge in [0.25, 0.3) is 5.91 Å². The number of anilines is 2. The zero-order valence-corrected chi connectivity index (χ0v) is 20.8. The first-order valence-corrected chi connectivity index (χ1v) is 12.0. The van der Waals surface area contributed by atoms with Crippen LogP contribution in [0, 0.1) is 5.82 Å². The number of carboxylic acids is 1. The van der Waals surface area contributed by atoms with E-state index in [-0.39, 0.29) is 12.3 Å². The number of carbonyl (C=O) groups excluding carboxylic acids is 2. The maximum Gasteiger partial charge on any atom is 0.416 e. The third-order valence-electron chi connectivity index (χ3n) is 4.92. The Morgan fingerprint density at radius 2 is 1.63 bits per heavy atom. The fourth-order valence-electron chi connectivity index (χ4n) is 3.02. The van der Waals surface area contributed by atoms with E-state index in [1.807, 2.05) is 5.32 Å². The van der Waals surface area contributed by atoms with E-state index in [1.165, 1.54) is 0 Å². The Morgan fingerprint density at radius 3 is 2.24 bits per heavy atom. The molecule has 1 unspecified atom stereocenters. The number of halogens is 5. The van der Waals surface area contributed by atoms with Crippen LogP contribution in [0.15, 0.2) is 71.6 Å². The number of hydrogen-bond donors (Lipinski definition) is 3. The minimum absolute atomic E-state index is 0.145. The van der Waals surface area contributed by atoms with Gasteiger partial charge in [-0.2, -0.15) is 13.2 Å². The highest BCUT2D eigenvalue weighted by atomic mass is 35.5. The number of benzene rings is 3. The number of rotatable bonds is 9. The maximum atomic E-state index is 13.8. The zero-order valence-electron chi connectivity index (χ0n) is 19.2. The van der Waals surface area contributed by atoms with Crippen LogP contribution in [0.5, 0.6) is 0 Å². The summed E-state index contributed by atoms with van der Waals surface area (Å²) in [5, 5.41) is 13.5. The first kappa shape index (κ1) is 28.8. The van der Waals surface area contributed by atoms with E-state index >= 15 is 0 Å². The Kier molecular flexibility index (Phi) is 9.59. The summed E-state index contributed by atoms with van der Waals surface area (Å²) in [4.78, 5) is 36.4. The highest BCUT2D eigenvalue weighted by Crippen LogP contribution is 2.32. The van der Waals surface area contributed by atoms with Crippen LogP contribution in [0.2, 0.25) is 5.02 Å². The van der Waals surface area contributed by atoms with Gasteiger partial charge in [0.15, 0.2) is 0 Å². The average Bonchev–Trinajstić information content (AvgIpc) is 2.85. The molecular weight excluding hydrogens is 552 g/mol. The molecule has 200 valence electrons. The molecule has 0 radical (unpaired) electrons. The normalized spacial score (nSPS) is 11.9. The number of alkyl halides is 3. The van der Waals surface area contributed by atoms with E-state index < -0.39 is 47.2 Å². The van der Waals surface area contributed by atoms with Crippen molar-refractivity contribution in [2.75, 3.05) is 17.2 Å². The molecule has 0 heterocycles. The molecule has 0 bridgehead atoms. The minimum Gasteiger partial charge on any atom is -0.480 e. The molecule has 0 saturated heterocycles. The summed E-state index contributed by atoms with van der Waals surface area (Å²) in [6, 6.07) is 14.2. The molecule has 0 aromatic heterocycles. The summed E-state index contributed by atoms with van der Waals surface area (Å²) in [6.45, 7) is -0.397. The Balaban J connectivity index is 1.51. The average molecular weight is 571 g/mol. The van der Waals surface area contributed by atoms with Crippen molar-refractivity contribution in [3.63, 3.8) is 0 Å². The van der Waals surface area contributed by atoms with Crippen LogP contribution in [0.25, 0.3) is 0 Å². The van der Waals surface area contributed by atoms with Crippen LogP contribution in [0.4, 0.5) is 33.7 Å². The van der Waals surface area contributed by atoms with Gasteiger partial charge in [-0.1, -0.05) is 11.6 Å². The van der Waals surface area contributed by atoms with E-state index in [0.29, 0.717) is 39.4 Å². The summed E-state index contributed by atoms with van der Waals surface area (Å²) < 4.78 is 57.0. The molecule has 7 nitrogen and oxygen atoms in total. The molecule has 3 aromatic rings. The highest BCUT2D eigenvalue weighted by Gasteiger charge is 2.31. The molecule has 0 aliphatic rings. The van der Waals surface area contributed by atoms with E-state index in [2.05, 4.69) is 5.32 Å². The Labute approximate surface area is 223 Å². The van der Waals surface area contributed by atoms with Gasteiger partial charge in [0.1, 0.15) is 11.1 Å². The van der Waals surface area contributed by atoms with Crippen LogP contribution < -0.4 is 10.6 Å². The number of carbonyl (C=O) groups is 3. The summed E-state index contributed by atoms with van der Waals surface area (Å²) in [5.41, 5.74) is -1.01. The van der Waals surface area contributed by atoms with Crippen molar-refractivity contribution in [1.82, 2.24) is 0 Å². The minimum atomic E-state index is -4.74. The molecule has 0 spiro atoms. The van der Waals surface area contributed by atoms with Crippen LogP contribution in [-0.2, 0) is 15.7 Å².